The lowest BCUT2D eigenvalue weighted by Gasteiger charge is -2.21. The molecule has 0 radical (unpaired) electrons. The smallest absolute Gasteiger partial charge is 0.114 e. The van der Waals surface area contributed by atoms with Crippen LogP contribution in [-0.4, -0.2) is 19.1 Å². The van der Waals surface area contributed by atoms with Crippen LogP contribution >= 0.6 is 0 Å². The van der Waals surface area contributed by atoms with E-state index in [1.165, 1.54) is 109 Å². The Bertz CT molecular complexity index is 5610. The van der Waals surface area contributed by atoms with Crippen LogP contribution < -0.4 is 0 Å². The summed E-state index contributed by atoms with van der Waals surface area (Å²) >= 11 is 0. The van der Waals surface area contributed by atoms with Crippen molar-refractivity contribution in [1.82, 2.24) is 19.1 Å². The predicted molar refractivity (Wildman–Crippen MR) is 364 cm³/mol. The molecule has 2 aromatic heterocycles. The summed E-state index contributed by atoms with van der Waals surface area (Å²) in [4.78, 5) is 10.1. The van der Waals surface area contributed by atoms with Gasteiger partial charge >= 0.3 is 0 Å². The monoisotopic (exact) mass is 1100 g/mol. The van der Waals surface area contributed by atoms with Crippen molar-refractivity contribution < 1.29 is 0 Å². The number of aryl methyl sites for hydroxylation is 2. The third-order valence-corrected chi connectivity index (χ3v) is 18.2. The van der Waals surface area contributed by atoms with Gasteiger partial charge in [0.25, 0.3) is 0 Å². The highest BCUT2D eigenvalue weighted by Crippen LogP contribution is 2.50. The minimum Gasteiger partial charge on any atom is -0.296 e. The number of fused-ring (bicyclic) bond motifs is 10. The SMILES string of the molecule is CCc1nc2ccccc2n1-c1ccc(-c2c3ccccc3c(-c3ccc4ccccc4c3)c3ccc(-c4ccc5c(-c6cc7ccccc7c7ccccc67)c6ccccc6c(-c6ccc(-n7c(CC)nc8ccccc87)cc6)c5c4)cc23)cc1. The highest BCUT2D eigenvalue weighted by atomic mass is 15.1. The fourth-order valence-electron chi connectivity index (χ4n) is 14.3. The molecular formula is C82H56N4. The molecule has 0 saturated heterocycles. The Balaban J connectivity index is 0.925. The Hall–Kier alpha value is -10.9. The Labute approximate surface area is 498 Å². The molecule has 0 spiro atoms. The van der Waals surface area contributed by atoms with Crippen LogP contribution in [0.2, 0.25) is 0 Å². The van der Waals surface area contributed by atoms with Gasteiger partial charge < -0.3 is 0 Å². The normalized spacial score (nSPS) is 11.9. The van der Waals surface area contributed by atoms with E-state index in [-0.39, 0.29) is 0 Å². The minimum absolute atomic E-state index is 0.826. The molecule has 0 unspecified atom stereocenters. The third-order valence-electron chi connectivity index (χ3n) is 18.2. The van der Waals surface area contributed by atoms with Gasteiger partial charge in [-0.05, 0) is 204 Å². The number of aromatic nitrogens is 4. The van der Waals surface area contributed by atoms with E-state index in [9.17, 15) is 0 Å². The summed E-state index contributed by atoms with van der Waals surface area (Å²) in [5, 5.41) is 17.2. The first-order chi connectivity index (χ1) is 42.6. The fraction of sp³-hybridized carbons (Fsp3) is 0.0488. The van der Waals surface area contributed by atoms with Gasteiger partial charge in [0.15, 0.2) is 0 Å². The number of rotatable bonds is 9. The van der Waals surface area contributed by atoms with Crippen molar-refractivity contribution in [2.75, 3.05) is 0 Å². The summed E-state index contributed by atoms with van der Waals surface area (Å²) in [7, 11) is 0. The second kappa shape index (κ2) is 19.9. The number of para-hydroxylation sites is 4. The lowest BCUT2D eigenvalue weighted by molar-refractivity contribution is 0.908. The molecule has 0 saturated carbocycles. The second-order valence-corrected chi connectivity index (χ2v) is 22.9. The van der Waals surface area contributed by atoms with Crippen molar-refractivity contribution in [3.63, 3.8) is 0 Å². The van der Waals surface area contributed by atoms with E-state index in [1.807, 2.05) is 0 Å². The van der Waals surface area contributed by atoms with Crippen LogP contribution in [0.5, 0.6) is 0 Å². The molecule has 86 heavy (non-hydrogen) atoms. The molecule has 0 aliphatic heterocycles. The van der Waals surface area contributed by atoms with Gasteiger partial charge in [0.2, 0.25) is 0 Å². The summed E-state index contributed by atoms with van der Waals surface area (Å²) in [6.07, 6.45) is 1.65. The van der Waals surface area contributed by atoms with Crippen LogP contribution in [0.15, 0.2) is 279 Å². The molecule has 17 rings (SSSR count). The summed E-state index contributed by atoms with van der Waals surface area (Å²) in [5.74, 6) is 2.10. The Morgan fingerprint density at radius 2 is 0.640 bits per heavy atom. The maximum atomic E-state index is 5.06. The van der Waals surface area contributed by atoms with Crippen molar-refractivity contribution in [3.05, 3.63) is 291 Å². The van der Waals surface area contributed by atoms with Gasteiger partial charge in [0, 0.05) is 24.2 Å². The lowest BCUT2D eigenvalue weighted by atomic mass is 9.82. The molecule has 0 aliphatic carbocycles. The highest BCUT2D eigenvalue weighted by Gasteiger charge is 2.23. The van der Waals surface area contributed by atoms with Gasteiger partial charge in [-0.3, -0.25) is 9.13 Å². The van der Waals surface area contributed by atoms with E-state index in [1.54, 1.807) is 0 Å². The zero-order valence-corrected chi connectivity index (χ0v) is 47.8. The van der Waals surface area contributed by atoms with Crippen LogP contribution in [0.1, 0.15) is 25.5 Å². The Morgan fingerprint density at radius 1 is 0.256 bits per heavy atom. The van der Waals surface area contributed by atoms with Gasteiger partial charge in [-0.25, -0.2) is 9.97 Å². The zero-order valence-electron chi connectivity index (χ0n) is 47.8. The molecule has 0 amide bonds. The quantitative estimate of drug-likeness (QED) is 0.107. The van der Waals surface area contributed by atoms with Crippen LogP contribution in [-0.2, 0) is 12.8 Å². The van der Waals surface area contributed by atoms with Crippen molar-refractivity contribution >= 4 is 97.5 Å². The van der Waals surface area contributed by atoms with Crippen LogP contribution in [0, 0.1) is 0 Å². The van der Waals surface area contributed by atoms with Crippen molar-refractivity contribution in [3.8, 4) is 67.0 Å². The molecule has 4 heteroatoms. The number of hydrogen-bond donors (Lipinski definition) is 0. The van der Waals surface area contributed by atoms with E-state index in [4.69, 9.17) is 9.97 Å². The topological polar surface area (TPSA) is 35.6 Å². The molecule has 15 aromatic carbocycles. The van der Waals surface area contributed by atoms with E-state index in [0.29, 0.717) is 0 Å². The molecule has 404 valence electrons. The van der Waals surface area contributed by atoms with E-state index >= 15 is 0 Å². The van der Waals surface area contributed by atoms with Crippen molar-refractivity contribution in [1.29, 1.82) is 0 Å². The highest BCUT2D eigenvalue weighted by molar-refractivity contribution is 6.27. The van der Waals surface area contributed by atoms with E-state index in [2.05, 4.69) is 302 Å². The van der Waals surface area contributed by atoms with E-state index in [0.717, 1.165) is 80.2 Å². The zero-order chi connectivity index (χ0) is 57.0. The fourth-order valence-corrected chi connectivity index (χ4v) is 14.3. The van der Waals surface area contributed by atoms with Gasteiger partial charge in [0.1, 0.15) is 11.6 Å². The van der Waals surface area contributed by atoms with Gasteiger partial charge in [0.05, 0.1) is 22.1 Å². The van der Waals surface area contributed by atoms with Crippen LogP contribution in [0.3, 0.4) is 0 Å². The van der Waals surface area contributed by atoms with Crippen LogP contribution in [0.25, 0.3) is 164 Å². The maximum absolute atomic E-state index is 5.06. The number of nitrogens with zero attached hydrogens (tertiary/aromatic N) is 4. The first kappa shape index (κ1) is 49.7. The molecule has 4 nitrogen and oxygen atoms in total. The van der Waals surface area contributed by atoms with Crippen molar-refractivity contribution in [2.24, 2.45) is 0 Å². The molecule has 2 heterocycles. The summed E-state index contributed by atoms with van der Waals surface area (Å²) in [6.45, 7) is 4.38. The molecule has 0 atom stereocenters. The number of imidazole rings is 2. The van der Waals surface area contributed by atoms with Crippen molar-refractivity contribution in [2.45, 2.75) is 26.7 Å². The number of hydrogen-bond acceptors (Lipinski definition) is 2. The molecule has 0 N–H and O–H groups in total. The standard InChI is InChI=1S/C82H56N4/c1-3-77-83-73-29-15-17-31-75(73)85(77)59-41-35-52(36-42-59)79-64-25-11-12-26-65(64)81(58-34-33-51-19-5-6-20-54(51)47-58)68-45-39-55(48-71(68)79)56-40-46-69-72(49-56)80(53-37-43-60(44-38-53)86-76-32-18-16-30-74(76)84-78(86)4-2)66-27-13-14-28-67(66)82(69)70-50-57-21-7-8-22-61(57)62-23-9-10-24-63(62)70/h5-50H,3-4H2,1-2H3. The van der Waals surface area contributed by atoms with Gasteiger partial charge in [-0.2, -0.15) is 0 Å². The summed E-state index contributed by atoms with van der Waals surface area (Å²) < 4.78 is 4.64. The van der Waals surface area contributed by atoms with Crippen LogP contribution in [0.4, 0.5) is 0 Å². The largest absolute Gasteiger partial charge is 0.296 e. The minimum atomic E-state index is 0.826. The predicted octanol–water partition coefficient (Wildman–Crippen LogP) is 21.9. The molecule has 17 aromatic rings. The summed E-state index contributed by atoms with van der Waals surface area (Å²) in [5.41, 5.74) is 18.4. The molecule has 0 aliphatic rings. The average molecular weight is 1100 g/mol. The Morgan fingerprint density at radius 3 is 1.17 bits per heavy atom. The number of benzene rings is 15. The lowest BCUT2D eigenvalue weighted by Crippen LogP contribution is -2.00. The Kier molecular flexibility index (Phi) is 11.5. The summed E-state index contributed by atoms with van der Waals surface area (Å²) in [6, 6.07) is 104. The first-order valence-electron chi connectivity index (χ1n) is 30.1. The maximum Gasteiger partial charge on any atom is 0.114 e. The average Bonchev–Trinajstić information content (AvgIpc) is 1.11. The second-order valence-electron chi connectivity index (χ2n) is 22.9. The van der Waals surface area contributed by atoms with E-state index < -0.39 is 0 Å². The first-order valence-corrected chi connectivity index (χ1v) is 30.1. The van der Waals surface area contributed by atoms with Gasteiger partial charge in [-0.1, -0.05) is 220 Å². The molecule has 0 fully saturated rings. The molecule has 0 bridgehead atoms. The third kappa shape index (κ3) is 7.76. The van der Waals surface area contributed by atoms with Gasteiger partial charge in [-0.15, -0.1) is 0 Å². The molecular weight excluding hydrogens is 1040 g/mol.